The lowest BCUT2D eigenvalue weighted by Crippen LogP contribution is -2.12. The Morgan fingerprint density at radius 1 is 1.30 bits per heavy atom. The van der Waals surface area contributed by atoms with Crippen molar-refractivity contribution in [1.29, 1.82) is 0 Å². The van der Waals surface area contributed by atoms with Crippen molar-refractivity contribution in [3.05, 3.63) is 5.28 Å². The lowest BCUT2D eigenvalue weighted by atomic mass is 10.9. The fourth-order valence-electron chi connectivity index (χ4n) is 0.430. The number of hydrogen-bond acceptors (Lipinski definition) is 6. The number of aromatic nitrogens is 3. The second-order valence-corrected chi connectivity index (χ2v) is 1.77. The third-order valence-corrected chi connectivity index (χ3v) is 0.924. The van der Waals surface area contributed by atoms with Crippen LogP contribution in [0.1, 0.15) is 0 Å². The summed E-state index contributed by atoms with van der Waals surface area (Å²) >= 11 is 5.39. The predicted molar refractivity (Wildman–Crippen MR) is 37.1 cm³/mol. The summed E-state index contributed by atoms with van der Waals surface area (Å²) < 4.78 is 0. The summed E-state index contributed by atoms with van der Waals surface area (Å²) in [6.07, 6.45) is 0. The van der Waals surface area contributed by atoms with E-state index in [1.165, 1.54) is 0 Å². The van der Waals surface area contributed by atoms with Gasteiger partial charge in [0.15, 0.2) is 0 Å². The van der Waals surface area contributed by atoms with E-state index in [0.717, 1.165) is 0 Å². The zero-order valence-electron chi connectivity index (χ0n) is 4.87. The Labute approximate surface area is 61.6 Å². The first-order chi connectivity index (χ1) is 4.72. The number of nitrogens with two attached hydrogens (primary N) is 2. The van der Waals surface area contributed by atoms with E-state index >= 15 is 0 Å². The van der Waals surface area contributed by atoms with Gasteiger partial charge < -0.3 is 5.73 Å². The molecule has 0 fully saturated rings. The summed E-state index contributed by atoms with van der Waals surface area (Å²) in [5.41, 5.74) is 7.37. The average Bonchev–Trinajstić information content (AvgIpc) is 1.85. The maximum Gasteiger partial charge on any atom is 0.243 e. The lowest BCUT2D eigenvalue weighted by molar-refractivity contribution is 1.04. The SMILES string of the molecule is NNc1nc(N)nc(Cl)n1. The van der Waals surface area contributed by atoms with Gasteiger partial charge in [0, 0.05) is 0 Å². The summed E-state index contributed by atoms with van der Waals surface area (Å²) in [7, 11) is 0. The van der Waals surface area contributed by atoms with Crippen LogP contribution in [0.5, 0.6) is 0 Å². The van der Waals surface area contributed by atoms with Crippen molar-refractivity contribution in [3.8, 4) is 0 Å². The monoisotopic (exact) mass is 160 g/mol. The van der Waals surface area contributed by atoms with Gasteiger partial charge in [-0.1, -0.05) is 0 Å². The number of halogens is 1. The molecule has 1 rings (SSSR count). The van der Waals surface area contributed by atoms with Crippen LogP contribution in [0, 0.1) is 0 Å². The van der Waals surface area contributed by atoms with Gasteiger partial charge in [0.25, 0.3) is 0 Å². The van der Waals surface area contributed by atoms with Crippen LogP contribution in [0.25, 0.3) is 0 Å². The van der Waals surface area contributed by atoms with E-state index in [0.29, 0.717) is 0 Å². The van der Waals surface area contributed by atoms with Crippen LogP contribution >= 0.6 is 11.6 Å². The van der Waals surface area contributed by atoms with Crippen LogP contribution in [-0.2, 0) is 0 Å². The predicted octanol–water partition coefficient (Wildman–Crippen LogP) is -0.607. The molecule has 6 nitrogen and oxygen atoms in total. The molecule has 0 aliphatic carbocycles. The Kier molecular flexibility index (Phi) is 1.83. The molecule has 0 atom stereocenters. The van der Waals surface area contributed by atoms with Gasteiger partial charge in [0.1, 0.15) is 0 Å². The molecule has 54 valence electrons. The van der Waals surface area contributed by atoms with Crippen LogP contribution in [0.4, 0.5) is 11.9 Å². The molecule has 1 aromatic heterocycles. The van der Waals surface area contributed by atoms with E-state index in [-0.39, 0.29) is 17.2 Å². The summed E-state index contributed by atoms with van der Waals surface area (Å²) in [4.78, 5) is 10.7. The molecule has 0 saturated carbocycles. The van der Waals surface area contributed by atoms with Gasteiger partial charge in [-0.15, -0.1) is 0 Å². The Morgan fingerprint density at radius 2 is 2.00 bits per heavy atom. The van der Waals surface area contributed by atoms with Crippen molar-refractivity contribution in [2.45, 2.75) is 0 Å². The highest BCUT2D eigenvalue weighted by Gasteiger charge is 1.98. The average molecular weight is 161 g/mol. The van der Waals surface area contributed by atoms with Gasteiger partial charge in [-0.2, -0.15) is 15.0 Å². The number of hydrazine groups is 1. The smallest absolute Gasteiger partial charge is 0.243 e. The maximum atomic E-state index is 5.39. The van der Waals surface area contributed by atoms with Gasteiger partial charge in [0.05, 0.1) is 0 Å². The van der Waals surface area contributed by atoms with Crippen LogP contribution in [0.2, 0.25) is 5.28 Å². The van der Waals surface area contributed by atoms with Crippen LogP contribution in [-0.4, -0.2) is 15.0 Å². The highest BCUT2D eigenvalue weighted by molar-refractivity contribution is 6.28. The Bertz CT molecular complexity index is 216. The van der Waals surface area contributed by atoms with Gasteiger partial charge in [-0.05, 0) is 11.6 Å². The fourth-order valence-corrected chi connectivity index (χ4v) is 0.597. The molecule has 0 unspecified atom stereocenters. The number of hydrogen-bond donors (Lipinski definition) is 3. The van der Waals surface area contributed by atoms with Gasteiger partial charge in [0.2, 0.25) is 17.2 Å². The summed E-state index contributed by atoms with van der Waals surface area (Å²) in [6.45, 7) is 0. The second-order valence-electron chi connectivity index (χ2n) is 1.43. The summed E-state index contributed by atoms with van der Waals surface area (Å²) in [5, 5.41) is 0.0143. The molecule has 0 spiro atoms. The van der Waals surface area contributed by atoms with Crippen LogP contribution in [0.15, 0.2) is 0 Å². The van der Waals surface area contributed by atoms with Crippen molar-refractivity contribution >= 4 is 23.5 Å². The maximum absolute atomic E-state index is 5.39. The molecule has 5 N–H and O–H groups in total. The first kappa shape index (κ1) is 6.97. The van der Waals surface area contributed by atoms with Crippen LogP contribution in [0.3, 0.4) is 0 Å². The minimum atomic E-state index is 0.0143. The number of nitrogens with one attached hydrogen (secondary N) is 1. The highest BCUT2D eigenvalue weighted by Crippen LogP contribution is 2.04. The Morgan fingerprint density at radius 3 is 2.50 bits per heavy atom. The van der Waals surface area contributed by atoms with E-state index < -0.39 is 0 Å². The molecular formula is C3H5ClN6. The number of nitrogens with zero attached hydrogens (tertiary/aromatic N) is 3. The van der Waals surface area contributed by atoms with Gasteiger partial charge in [-0.25, -0.2) is 5.84 Å². The van der Waals surface area contributed by atoms with Gasteiger partial charge in [-0.3, -0.25) is 5.43 Å². The van der Waals surface area contributed by atoms with E-state index in [9.17, 15) is 0 Å². The highest BCUT2D eigenvalue weighted by atomic mass is 35.5. The first-order valence-corrected chi connectivity index (χ1v) is 2.74. The largest absolute Gasteiger partial charge is 0.368 e. The molecule has 0 aromatic carbocycles. The molecule has 0 radical (unpaired) electrons. The third-order valence-electron chi connectivity index (χ3n) is 0.755. The molecule has 7 heteroatoms. The number of anilines is 2. The quantitative estimate of drug-likeness (QED) is 0.374. The first-order valence-electron chi connectivity index (χ1n) is 2.36. The topological polar surface area (TPSA) is 103 Å². The molecule has 0 aliphatic heterocycles. The molecule has 0 amide bonds. The zero-order valence-corrected chi connectivity index (χ0v) is 5.63. The standard InChI is InChI=1S/C3H5ClN6/c4-1-7-2(5)9-3(8-1)10-6/h6H2,(H3,5,7,8,9,10). The van der Waals surface area contributed by atoms with Crippen molar-refractivity contribution in [2.75, 3.05) is 11.2 Å². The zero-order chi connectivity index (χ0) is 7.56. The molecule has 1 heterocycles. The van der Waals surface area contributed by atoms with E-state index in [1.54, 1.807) is 0 Å². The van der Waals surface area contributed by atoms with Crippen molar-refractivity contribution in [3.63, 3.8) is 0 Å². The molecule has 10 heavy (non-hydrogen) atoms. The summed E-state index contributed by atoms with van der Waals surface area (Å²) in [5.74, 6) is 5.16. The molecule has 1 aromatic rings. The minimum absolute atomic E-state index is 0.0143. The lowest BCUT2D eigenvalue weighted by Gasteiger charge is -1.97. The van der Waals surface area contributed by atoms with Crippen molar-refractivity contribution in [2.24, 2.45) is 5.84 Å². The molecular weight excluding hydrogens is 156 g/mol. The van der Waals surface area contributed by atoms with Crippen molar-refractivity contribution in [1.82, 2.24) is 15.0 Å². The Hall–Kier alpha value is -1.14. The molecule has 0 saturated heterocycles. The minimum Gasteiger partial charge on any atom is -0.368 e. The second kappa shape index (κ2) is 2.63. The molecule has 0 aliphatic rings. The van der Waals surface area contributed by atoms with Crippen LogP contribution < -0.4 is 17.0 Å². The number of rotatable bonds is 1. The number of nitrogen functional groups attached to an aromatic ring is 2. The van der Waals surface area contributed by atoms with Gasteiger partial charge >= 0.3 is 0 Å². The molecule has 0 bridgehead atoms. The summed E-state index contributed by atoms with van der Waals surface area (Å²) in [6, 6.07) is 0. The van der Waals surface area contributed by atoms with E-state index in [1.807, 2.05) is 0 Å². The third kappa shape index (κ3) is 1.42. The van der Waals surface area contributed by atoms with Crippen molar-refractivity contribution < 1.29 is 0 Å². The van der Waals surface area contributed by atoms with E-state index in [2.05, 4.69) is 20.4 Å². The fraction of sp³-hybridized carbons (Fsp3) is 0. The Balaban J connectivity index is 3.06. The van der Waals surface area contributed by atoms with E-state index in [4.69, 9.17) is 23.2 Å². The normalized spacial score (nSPS) is 9.40.